The van der Waals surface area contributed by atoms with Crippen molar-refractivity contribution in [1.82, 2.24) is 0 Å². The van der Waals surface area contributed by atoms with Gasteiger partial charge in [-0.05, 0) is 53.3 Å². The quantitative estimate of drug-likeness (QED) is 0.860. The summed E-state index contributed by atoms with van der Waals surface area (Å²) < 4.78 is 0. The van der Waals surface area contributed by atoms with Crippen molar-refractivity contribution in [3.05, 3.63) is 76.3 Å². The van der Waals surface area contributed by atoms with Gasteiger partial charge in [0, 0.05) is 16.6 Å². The van der Waals surface area contributed by atoms with Gasteiger partial charge in [0.05, 0.1) is 12.0 Å². The molecule has 0 spiro atoms. The van der Waals surface area contributed by atoms with Crippen LogP contribution in [-0.4, -0.2) is 5.97 Å². The lowest BCUT2D eigenvalue weighted by atomic mass is 9.76. The molecule has 116 valence electrons. The van der Waals surface area contributed by atoms with E-state index in [1.165, 1.54) is 0 Å². The summed E-state index contributed by atoms with van der Waals surface area (Å²) in [7, 11) is 0. The Kier molecular flexibility index (Phi) is 3.38. The first-order valence-electron chi connectivity index (χ1n) is 7.67. The fourth-order valence-corrected chi connectivity index (χ4v) is 3.95. The van der Waals surface area contributed by atoms with Crippen molar-refractivity contribution >= 4 is 23.3 Å². The number of nitrogens with one attached hydrogen (secondary N) is 1. The number of carbonyl (C=O) groups excluding carboxylic acids is 1. The number of carboxylic acid groups (broad SMARTS) is 1. The van der Waals surface area contributed by atoms with Gasteiger partial charge in [-0.15, -0.1) is 0 Å². The Morgan fingerprint density at radius 2 is 2.09 bits per heavy atom. The van der Waals surface area contributed by atoms with E-state index in [4.69, 9.17) is 11.6 Å². The Morgan fingerprint density at radius 3 is 2.87 bits per heavy atom. The number of anilines is 1. The molecule has 0 unspecified atom stereocenters. The Balaban J connectivity index is 1.79. The van der Waals surface area contributed by atoms with Gasteiger partial charge in [-0.1, -0.05) is 42.0 Å². The van der Waals surface area contributed by atoms with Crippen LogP contribution in [0.3, 0.4) is 0 Å². The maximum Gasteiger partial charge on any atom is 0.0715 e. The number of carbonyl (C=O) groups is 1. The van der Waals surface area contributed by atoms with Gasteiger partial charge in [-0.2, -0.15) is 0 Å². The van der Waals surface area contributed by atoms with E-state index in [0.717, 1.165) is 28.3 Å². The van der Waals surface area contributed by atoms with Crippen molar-refractivity contribution in [3.8, 4) is 0 Å². The van der Waals surface area contributed by atoms with Crippen molar-refractivity contribution in [2.24, 2.45) is 5.92 Å². The van der Waals surface area contributed by atoms with Crippen LogP contribution in [0.15, 0.2) is 54.6 Å². The van der Waals surface area contributed by atoms with Crippen molar-refractivity contribution in [1.29, 1.82) is 0 Å². The SMILES string of the molecule is O=C([O-])c1ccc2c(c1)[C@H]1C=CC[C@@H]1[C@H](c1cccc(Cl)c1)N2. The summed E-state index contributed by atoms with van der Waals surface area (Å²) in [5.41, 5.74) is 3.40. The highest BCUT2D eigenvalue weighted by Crippen LogP contribution is 2.50. The molecule has 23 heavy (non-hydrogen) atoms. The van der Waals surface area contributed by atoms with Crippen LogP contribution >= 0.6 is 11.6 Å². The van der Waals surface area contributed by atoms with E-state index in [1.807, 2.05) is 24.3 Å². The zero-order valence-corrected chi connectivity index (χ0v) is 13.1. The summed E-state index contributed by atoms with van der Waals surface area (Å²) >= 11 is 6.15. The summed E-state index contributed by atoms with van der Waals surface area (Å²) in [6, 6.07) is 13.2. The van der Waals surface area contributed by atoms with Crippen LogP contribution in [0.1, 0.15) is 39.9 Å². The molecular weight excluding hydrogens is 310 g/mol. The largest absolute Gasteiger partial charge is 0.545 e. The average molecular weight is 325 g/mol. The lowest BCUT2D eigenvalue weighted by Gasteiger charge is -2.38. The highest BCUT2D eigenvalue weighted by Gasteiger charge is 2.37. The van der Waals surface area contributed by atoms with Gasteiger partial charge in [0.25, 0.3) is 0 Å². The maximum atomic E-state index is 11.1. The molecule has 2 aromatic carbocycles. The molecule has 0 radical (unpaired) electrons. The minimum Gasteiger partial charge on any atom is -0.545 e. The summed E-state index contributed by atoms with van der Waals surface area (Å²) in [4.78, 5) is 11.1. The topological polar surface area (TPSA) is 52.2 Å². The molecule has 1 N–H and O–H groups in total. The maximum absolute atomic E-state index is 11.1. The second-order valence-corrected chi connectivity index (χ2v) is 6.56. The minimum atomic E-state index is -1.14. The number of halogens is 1. The van der Waals surface area contributed by atoms with Crippen LogP contribution in [0.25, 0.3) is 0 Å². The molecule has 2 aromatic rings. The highest BCUT2D eigenvalue weighted by atomic mass is 35.5. The lowest BCUT2D eigenvalue weighted by molar-refractivity contribution is -0.255. The van der Waals surface area contributed by atoms with Crippen molar-refractivity contribution < 1.29 is 9.90 Å². The second kappa shape index (κ2) is 5.43. The van der Waals surface area contributed by atoms with Crippen LogP contribution in [0.4, 0.5) is 5.69 Å². The molecule has 3 atom stereocenters. The predicted octanol–water partition coefficient (Wildman–Crippen LogP) is 3.53. The number of aromatic carboxylic acids is 1. The number of hydrogen-bond donors (Lipinski definition) is 1. The Hall–Kier alpha value is -2.26. The van der Waals surface area contributed by atoms with Gasteiger partial charge >= 0.3 is 0 Å². The fraction of sp³-hybridized carbons (Fsp3) is 0.211. The number of hydrogen-bond acceptors (Lipinski definition) is 3. The third kappa shape index (κ3) is 2.41. The van der Waals surface area contributed by atoms with Gasteiger partial charge in [0.15, 0.2) is 0 Å². The van der Waals surface area contributed by atoms with Gasteiger partial charge in [0.2, 0.25) is 0 Å². The minimum absolute atomic E-state index is 0.162. The Labute approximate surface area is 139 Å². The van der Waals surface area contributed by atoms with Crippen LogP contribution in [-0.2, 0) is 0 Å². The molecule has 1 aliphatic heterocycles. The standard InChI is InChI=1S/C19H16ClNO2/c20-13-4-1-3-11(9-13)18-15-6-2-5-14(15)16-10-12(19(22)23)7-8-17(16)21-18/h1-5,7-10,14-15,18,21H,6H2,(H,22,23)/p-1/t14-,15-,18-/m0/s1. The van der Waals surface area contributed by atoms with Gasteiger partial charge in [-0.3, -0.25) is 0 Å². The smallest absolute Gasteiger partial charge is 0.0715 e. The second-order valence-electron chi connectivity index (χ2n) is 6.12. The molecule has 2 aliphatic rings. The lowest BCUT2D eigenvalue weighted by Crippen LogP contribution is -2.30. The zero-order chi connectivity index (χ0) is 16.0. The first kappa shape index (κ1) is 14.3. The number of carboxylic acids is 1. The van der Waals surface area contributed by atoms with Crippen LogP contribution in [0.2, 0.25) is 5.02 Å². The van der Waals surface area contributed by atoms with Crippen LogP contribution < -0.4 is 10.4 Å². The molecule has 0 fully saturated rings. The summed E-state index contributed by atoms with van der Waals surface area (Å²) in [5.74, 6) is -0.559. The molecule has 4 heteroatoms. The van der Waals surface area contributed by atoms with Crippen molar-refractivity contribution in [2.45, 2.75) is 18.4 Å². The highest BCUT2D eigenvalue weighted by molar-refractivity contribution is 6.30. The van der Waals surface area contributed by atoms with Crippen molar-refractivity contribution in [3.63, 3.8) is 0 Å². The van der Waals surface area contributed by atoms with E-state index >= 15 is 0 Å². The van der Waals surface area contributed by atoms with E-state index in [2.05, 4.69) is 23.5 Å². The van der Waals surface area contributed by atoms with Gasteiger partial charge in [0.1, 0.15) is 0 Å². The predicted molar refractivity (Wildman–Crippen MR) is 88.6 cm³/mol. The number of allylic oxidation sites excluding steroid dienone is 2. The van der Waals surface area contributed by atoms with E-state index in [1.54, 1.807) is 12.1 Å². The number of fused-ring (bicyclic) bond motifs is 3. The third-order valence-electron chi connectivity index (χ3n) is 4.81. The van der Waals surface area contributed by atoms with E-state index in [-0.39, 0.29) is 17.5 Å². The first-order chi connectivity index (χ1) is 11.1. The number of rotatable bonds is 2. The van der Waals surface area contributed by atoms with Crippen LogP contribution in [0, 0.1) is 5.92 Å². The molecule has 0 saturated carbocycles. The van der Waals surface area contributed by atoms with Gasteiger partial charge < -0.3 is 15.2 Å². The summed E-state index contributed by atoms with van der Waals surface area (Å²) in [5, 5.41) is 15.4. The zero-order valence-electron chi connectivity index (χ0n) is 12.3. The summed E-state index contributed by atoms with van der Waals surface area (Å²) in [6.07, 6.45) is 5.32. The molecule has 3 nitrogen and oxygen atoms in total. The monoisotopic (exact) mass is 324 g/mol. The normalized spacial score (nSPS) is 24.7. The Bertz CT molecular complexity index is 815. The first-order valence-corrected chi connectivity index (χ1v) is 8.05. The molecule has 0 saturated heterocycles. The Morgan fingerprint density at radius 1 is 1.22 bits per heavy atom. The third-order valence-corrected chi connectivity index (χ3v) is 5.04. The average Bonchev–Trinajstić information content (AvgIpc) is 3.03. The molecule has 1 aliphatic carbocycles. The van der Waals surface area contributed by atoms with Gasteiger partial charge in [-0.25, -0.2) is 0 Å². The molecule has 0 bridgehead atoms. The van der Waals surface area contributed by atoms with E-state index in [9.17, 15) is 9.90 Å². The summed E-state index contributed by atoms with van der Waals surface area (Å²) in [6.45, 7) is 0. The molecule has 0 amide bonds. The molecule has 1 heterocycles. The fourth-order valence-electron chi connectivity index (χ4n) is 3.75. The van der Waals surface area contributed by atoms with Crippen molar-refractivity contribution in [2.75, 3.05) is 5.32 Å². The molecule has 0 aromatic heterocycles. The van der Waals surface area contributed by atoms with E-state index in [0.29, 0.717) is 5.92 Å². The van der Waals surface area contributed by atoms with E-state index < -0.39 is 5.97 Å². The number of benzene rings is 2. The molecular formula is C19H15ClNO2-. The van der Waals surface area contributed by atoms with Crippen LogP contribution in [0.5, 0.6) is 0 Å². The molecule has 4 rings (SSSR count).